The third-order valence-electron chi connectivity index (χ3n) is 3.31. The van der Waals surface area contributed by atoms with E-state index in [-0.39, 0.29) is 5.75 Å². The van der Waals surface area contributed by atoms with Crippen molar-refractivity contribution in [3.8, 4) is 5.75 Å². The minimum Gasteiger partial charge on any atom is -0.406 e. The van der Waals surface area contributed by atoms with Gasteiger partial charge in [0.25, 0.3) is 0 Å². The van der Waals surface area contributed by atoms with E-state index in [0.717, 1.165) is 25.1 Å². The molecule has 1 N–H and O–H groups in total. The highest BCUT2D eigenvalue weighted by molar-refractivity contribution is 5.31. The van der Waals surface area contributed by atoms with Crippen LogP contribution >= 0.6 is 0 Å². The molecule has 1 aromatic rings. The molecule has 0 bridgehead atoms. The Bertz CT molecular complexity index is 405. The second-order valence-electron chi connectivity index (χ2n) is 4.70. The van der Waals surface area contributed by atoms with Gasteiger partial charge in [-0.3, -0.25) is 0 Å². The summed E-state index contributed by atoms with van der Waals surface area (Å²) in [7, 11) is 0. The van der Waals surface area contributed by atoms with E-state index in [1.165, 1.54) is 12.1 Å². The molecule has 18 heavy (non-hydrogen) atoms. The van der Waals surface area contributed by atoms with Crippen LogP contribution in [0.2, 0.25) is 0 Å². The smallest absolute Gasteiger partial charge is 0.406 e. The minimum atomic E-state index is -4.63. The average molecular weight is 259 g/mol. The Morgan fingerprint density at radius 2 is 2.11 bits per heavy atom. The molecule has 0 amide bonds. The zero-order valence-electron chi connectivity index (χ0n) is 10.1. The molecule has 0 aliphatic carbocycles. The third kappa shape index (κ3) is 3.38. The molecule has 0 radical (unpaired) electrons. The van der Waals surface area contributed by atoms with Gasteiger partial charge in [0.1, 0.15) is 5.75 Å². The summed E-state index contributed by atoms with van der Waals surface area (Å²) in [5, 5.41) is 3.28. The highest BCUT2D eigenvalue weighted by Crippen LogP contribution is 2.33. The van der Waals surface area contributed by atoms with E-state index in [1.807, 2.05) is 6.07 Å². The SMILES string of the molecule is C[C@@H]1CNCC[C@@H]1c1cccc(OC(F)(F)F)c1. The average Bonchev–Trinajstić information content (AvgIpc) is 2.27. The Morgan fingerprint density at radius 3 is 2.78 bits per heavy atom. The van der Waals surface area contributed by atoms with Gasteiger partial charge in [0.2, 0.25) is 0 Å². The van der Waals surface area contributed by atoms with Crippen LogP contribution in [-0.4, -0.2) is 19.5 Å². The van der Waals surface area contributed by atoms with Gasteiger partial charge in [-0.1, -0.05) is 19.1 Å². The number of halogens is 3. The van der Waals surface area contributed by atoms with Gasteiger partial charge in [-0.15, -0.1) is 13.2 Å². The monoisotopic (exact) mass is 259 g/mol. The summed E-state index contributed by atoms with van der Waals surface area (Å²) in [4.78, 5) is 0. The predicted octanol–water partition coefficient (Wildman–Crippen LogP) is 3.30. The van der Waals surface area contributed by atoms with Crippen LogP contribution in [-0.2, 0) is 0 Å². The number of piperidine rings is 1. The Kier molecular flexibility index (Phi) is 3.80. The molecule has 1 heterocycles. The first-order valence-electron chi connectivity index (χ1n) is 6.02. The Morgan fingerprint density at radius 1 is 1.33 bits per heavy atom. The second-order valence-corrected chi connectivity index (χ2v) is 4.70. The molecule has 1 aliphatic rings. The number of nitrogens with one attached hydrogen (secondary N) is 1. The summed E-state index contributed by atoms with van der Waals surface area (Å²) in [6.07, 6.45) is -3.69. The first kappa shape index (κ1) is 13.2. The molecule has 1 aromatic carbocycles. The lowest BCUT2D eigenvalue weighted by molar-refractivity contribution is -0.274. The molecular weight excluding hydrogens is 243 g/mol. The molecule has 0 saturated carbocycles. The first-order chi connectivity index (χ1) is 8.46. The van der Waals surface area contributed by atoms with Gasteiger partial charge in [0.15, 0.2) is 0 Å². The zero-order chi connectivity index (χ0) is 13.2. The van der Waals surface area contributed by atoms with E-state index >= 15 is 0 Å². The van der Waals surface area contributed by atoms with Gasteiger partial charge in [-0.25, -0.2) is 0 Å². The van der Waals surface area contributed by atoms with Crippen molar-refractivity contribution in [2.45, 2.75) is 25.6 Å². The standard InChI is InChI=1S/C13H16F3NO/c1-9-8-17-6-5-12(9)10-3-2-4-11(7-10)18-13(14,15)16/h2-4,7,9,12,17H,5-6,8H2,1H3/t9-,12+/m1/s1. The number of hydrogen-bond donors (Lipinski definition) is 1. The highest BCUT2D eigenvalue weighted by atomic mass is 19.4. The lowest BCUT2D eigenvalue weighted by Crippen LogP contribution is -2.33. The van der Waals surface area contributed by atoms with Crippen LogP contribution < -0.4 is 10.1 Å². The molecule has 1 aliphatic heterocycles. The molecule has 2 nitrogen and oxygen atoms in total. The third-order valence-corrected chi connectivity index (χ3v) is 3.31. The van der Waals surface area contributed by atoms with E-state index in [9.17, 15) is 13.2 Å². The summed E-state index contributed by atoms with van der Waals surface area (Å²) in [6, 6.07) is 6.32. The fourth-order valence-corrected chi connectivity index (χ4v) is 2.45. The van der Waals surface area contributed by atoms with Crippen LogP contribution in [0.25, 0.3) is 0 Å². The number of hydrogen-bond acceptors (Lipinski definition) is 2. The van der Waals surface area contributed by atoms with Gasteiger partial charge in [0.05, 0.1) is 0 Å². The summed E-state index contributed by atoms with van der Waals surface area (Å²) in [5.41, 5.74) is 0.922. The van der Waals surface area contributed by atoms with Gasteiger partial charge in [-0.05, 0) is 49.0 Å². The molecule has 0 spiro atoms. The molecule has 2 atom stereocenters. The quantitative estimate of drug-likeness (QED) is 0.880. The van der Waals surface area contributed by atoms with Crippen molar-refractivity contribution in [2.75, 3.05) is 13.1 Å². The molecule has 2 rings (SSSR count). The van der Waals surface area contributed by atoms with Crippen molar-refractivity contribution in [3.05, 3.63) is 29.8 Å². The Balaban J connectivity index is 2.16. The predicted molar refractivity (Wildman–Crippen MR) is 62.5 cm³/mol. The summed E-state index contributed by atoms with van der Waals surface area (Å²) in [6.45, 7) is 3.91. The molecule has 0 aromatic heterocycles. The van der Waals surface area contributed by atoms with Crippen LogP contribution in [0.5, 0.6) is 5.75 Å². The van der Waals surface area contributed by atoms with Gasteiger partial charge in [-0.2, -0.15) is 0 Å². The number of alkyl halides is 3. The maximum atomic E-state index is 12.2. The lowest BCUT2D eigenvalue weighted by Gasteiger charge is -2.30. The topological polar surface area (TPSA) is 21.3 Å². The first-order valence-corrected chi connectivity index (χ1v) is 6.02. The summed E-state index contributed by atoms with van der Waals surface area (Å²) in [5.74, 6) is 0.577. The van der Waals surface area contributed by atoms with Gasteiger partial charge in [0, 0.05) is 0 Å². The largest absolute Gasteiger partial charge is 0.573 e. The van der Waals surface area contributed by atoms with Crippen molar-refractivity contribution >= 4 is 0 Å². The zero-order valence-corrected chi connectivity index (χ0v) is 10.1. The molecule has 1 fully saturated rings. The van der Waals surface area contributed by atoms with E-state index in [0.29, 0.717) is 11.8 Å². The highest BCUT2D eigenvalue weighted by Gasteiger charge is 2.31. The number of benzene rings is 1. The second kappa shape index (κ2) is 5.18. The van der Waals surface area contributed by atoms with E-state index in [2.05, 4.69) is 17.0 Å². The fraction of sp³-hybridized carbons (Fsp3) is 0.538. The summed E-state index contributed by atoms with van der Waals surface area (Å²) >= 11 is 0. The van der Waals surface area contributed by atoms with E-state index in [4.69, 9.17) is 0 Å². The van der Waals surface area contributed by atoms with Crippen LogP contribution in [0, 0.1) is 5.92 Å². The molecule has 100 valence electrons. The maximum absolute atomic E-state index is 12.2. The van der Waals surface area contributed by atoms with Gasteiger partial charge < -0.3 is 10.1 Å². The normalized spacial score (nSPS) is 24.9. The molecule has 0 unspecified atom stereocenters. The van der Waals surface area contributed by atoms with Crippen LogP contribution in [0.3, 0.4) is 0 Å². The van der Waals surface area contributed by atoms with Crippen LogP contribution in [0.15, 0.2) is 24.3 Å². The van der Waals surface area contributed by atoms with E-state index in [1.54, 1.807) is 6.07 Å². The van der Waals surface area contributed by atoms with Crippen molar-refractivity contribution in [1.29, 1.82) is 0 Å². The van der Waals surface area contributed by atoms with Crippen molar-refractivity contribution in [2.24, 2.45) is 5.92 Å². The Labute approximate surface area is 104 Å². The Hall–Kier alpha value is -1.23. The van der Waals surface area contributed by atoms with Crippen molar-refractivity contribution < 1.29 is 17.9 Å². The van der Waals surface area contributed by atoms with Gasteiger partial charge >= 0.3 is 6.36 Å². The molecule has 1 saturated heterocycles. The number of ether oxygens (including phenoxy) is 1. The molecule has 5 heteroatoms. The number of rotatable bonds is 2. The summed E-state index contributed by atoms with van der Waals surface area (Å²) < 4.78 is 40.4. The van der Waals surface area contributed by atoms with Crippen molar-refractivity contribution in [1.82, 2.24) is 5.32 Å². The van der Waals surface area contributed by atoms with Crippen LogP contribution in [0.4, 0.5) is 13.2 Å². The lowest BCUT2D eigenvalue weighted by atomic mass is 9.82. The fourth-order valence-electron chi connectivity index (χ4n) is 2.45. The van der Waals surface area contributed by atoms with E-state index < -0.39 is 6.36 Å². The minimum absolute atomic E-state index is 0.134. The van der Waals surface area contributed by atoms with Crippen molar-refractivity contribution in [3.63, 3.8) is 0 Å². The molecular formula is C13H16F3NO. The maximum Gasteiger partial charge on any atom is 0.573 e. The van der Waals surface area contributed by atoms with Crippen LogP contribution in [0.1, 0.15) is 24.8 Å².